The molecule has 0 aromatic heterocycles. The minimum atomic E-state index is 0.495. The molecule has 0 amide bonds. The predicted molar refractivity (Wildman–Crippen MR) is 67.2 cm³/mol. The molecule has 0 radical (unpaired) electrons. The summed E-state index contributed by atoms with van der Waals surface area (Å²) >= 11 is 3.94. The van der Waals surface area contributed by atoms with E-state index in [4.69, 9.17) is 9.47 Å². The van der Waals surface area contributed by atoms with Crippen LogP contribution in [0.4, 0.5) is 0 Å². The van der Waals surface area contributed by atoms with Crippen LogP contribution in [0.1, 0.15) is 10.1 Å². The van der Waals surface area contributed by atoms with Gasteiger partial charge in [-0.1, -0.05) is 12.1 Å². The van der Waals surface area contributed by atoms with Crippen LogP contribution in [0.15, 0.2) is 18.2 Å². The van der Waals surface area contributed by atoms with Gasteiger partial charge in [-0.15, -0.1) is 23.5 Å². The normalized spacial score (nSPS) is 16.7. The van der Waals surface area contributed by atoms with Crippen LogP contribution in [0.5, 0.6) is 11.5 Å². The van der Waals surface area contributed by atoms with Gasteiger partial charge in [-0.2, -0.15) is 0 Å². The smallest absolute Gasteiger partial charge is 0.165 e. The van der Waals surface area contributed by atoms with E-state index in [0.29, 0.717) is 4.58 Å². The molecular weight excluding hydrogens is 228 g/mol. The maximum atomic E-state index is 5.43. The number of benzene rings is 1. The van der Waals surface area contributed by atoms with E-state index in [9.17, 15) is 0 Å². The summed E-state index contributed by atoms with van der Waals surface area (Å²) in [6.07, 6.45) is 0. The summed E-state index contributed by atoms with van der Waals surface area (Å²) in [6, 6.07) is 6.08. The number of rotatable bonds is 3. The molecule has 1 aromatic rings. The Morgan fingerprint density at radius 3 is 2.47 bits per heavy atom. The van der Waals surface area contributed by atoms with Crippen LogP contribution in [-0.4, -0.2) is 25.7 Å². The van der Waals surface area contributed by atoms with Crippen molar-refractivity contribution in [1.29, 1.82) is 0 Å². The zero-order valence-electron chi connectivity index (χ0n) is 8.86. The van der Waals surface area contributed by atoms with Crippen LogP contribution in [0.2, 0.25) is 0 Å². The maximum Gasteiger partial charge on any atom is 0.165 e. The minimum absolute atomic E-state index is 0.495. The molecule has 0 spiro atoms. The average Bonchev–Trinajstić information content (AvgIpc) is 2.81. The topological polar surface area (TPSA) is 18.5 Å². The van der Waals surface area contributed by atoms with Crippen molar-refractivity contribution in [2.24, 2.45) is 0 Å². The molecule has 0 unspecified atom stereocenters. The van der Waals surface area contributed by atoms with Gasteiger partial charge in [-0.05, 0) is 6.07 Å². The van der Waals surface area contributed by atoms with Crippen molar-refractivity contribution in [2.75, 3.05) is 25.7 Å². The quantitative estimate of drug-likeness (QED) is 0.810. The zero-order chi connectivity index (χ0) is 10.7. The van der Waals surface area contributed by atoms with Gasteiger partial charge in [-0.3, -0.25) is 0 Å². The lowest BCUT2D eigenvalue weighted by Crippen LogP contribution is -1.96. The Labute approximate surface area is 98.7 Å². The molecule has 0 saturated carbocycles. The van der Waals surface area contributed by atoms with Gasteiger partial charge in [-0.25, -0.2) is 0 Å². The first-order chi connectivity index (χ1) is 7.36. The Balaban J connectivity index is 2.36. The fraction of sp³-hybridized carbons (Fsp3) is 0.455. The number of ether oxygens (including phenoxy) is 2. The van der Waals surface area contributed by atoms with E-state index in [1.165, 1.54) is 17.1 Å². The second-order valence-corrected chi connectivity index (χ2v) is 5.88. The van der Waals surface area contributed by atoms with Gasteiger partial charge in [0.25, 0.3) is 0 Å². The van der Waals surface area contributed by atoms with Crippen LogP contribution >= 0.6 is 23.5 Å². The third-order valence-corrected chi connectivity index (χ3v) is 5.38. The third kappa shape index (κ3) is 2.21. The lowest BCUT2D eigenvalue weighted by Gasteiger charge is -2.15. The number of methoxy groups -OCH3 is 2. The molecule has 1 aliphatic rings. The van der Waals surface area contributed by atoms with Gasteiger partial charge < -0.3 is 9.47 Å². The fourth-order valence-electron chi connectivity index (χ4n) is 1.64. The van der Waals surface area contributed by atoms with Crippen molar-refractivity contribution in [1.82, 2.24) is 0 Å². The zero-order valence-corrected chi connectivity index (χ0v) is 10.5. The predicted octanol–water partition coefficient (Wildman–Crippen LogP) is 3.18. The molecule has 0 N–H and O–H groups in total. The van der Waals surface area contributed by atoms with Gasteiger partial charge in [0.1, 0.15) is 0 Å². The van der Waals surface area contributed by atoms with Crippen LogP contribution in [-0.2, 0) is 0 Å². The summed E-state index contributed by atoms with van der Waals surface area (Å²) < 4.78 is 11.2. The average molecular weight is 242 g/mol. The maximum absolute atomic E-state index is 5.43. The Bertz CT molecular complexity index is 335. The van der Waals surface area contributed by atoms with Gasteiger partial charge in [0, 0.05) is 17.1 Å². The molecule has 0 aliphatic carbocycles. The lowest BCUT2D eigenvalue weighted by atomic mass is 10.2. The number of hydrogen-bond acceptors (Lipinski definition) is 4. The second-order valence-electron chi connectivity index (χ2n) is 3.16. The van der Waals surface area contributed by atoms with Gasteiger partial charge in [0.15, 0.2) is 11.5 Å². The summed E-state index contributed by atoms with van der Waals surface area (Å²) in [5.74, 6) is 4.14. The van der Waals surface area contributed by atoms with Gasteiger partial charge in [0.2, 0.25) is 0 Å². The van der Waals surface area contributed by atoms with E-state index in [-0.39, 0.29) is 0 Å². The van der Waals surface area contributed by atoms with Crippen LogP contribution in [0.3, 0.4) is 0 Å². The monoisotopic (exact) mass is 242 g/mol. The Morgan fingerprint density at radius 1 is 1.13 bits per heavy atom. The van der Waals surface area contributed by atoms with Crippen molar-refractivity contribution < 1.29 is 9.47 Å². The molecule has 4 heteroatoms. The summed E-state index contributed by atoms with van der Waals surface area (Å²) in [5, 5.41) is 0. The molecule has 1 aromatic carbocycles. The summed E-state index contributed by atoms with van der Waals surface area (Å²) in [5.41, 5.74) is 1.24. The Kier molecular flexibility index (Phi) is 3.70. The molecule has 1 heterocycles. The molecule has 2 nitrogen and oxygen atoms in total. The van der Waals surface area contributed by atoms with Crippen molar-refractivity contribution in [2.45, 2.75) is 4.58 Å². The molecule has 2 rings (SSSR count). The molecule has 0 bridgehead atoms. The summed E-state index contributed by atoms with van der Waals surface area (Å²) in [4.78, 5) is 0. The number of hydrogen-bond donors (Lipinski definition) is 0. The molecule has 0 atom stereocenters. The molecule has 1 fully saturated rings. The van der Waals surface area contributed by atoms with Crippen LogP contribution in [0, 0.1) is 0 Å². The molecule has 1 aliphatic heterocycles. The first kappa shape index (κ1) is 11.0. The van der Waals surface area contributed by atoms with Crippen LogP contribution in [0.25, 0.3) is 0 Å². The second kappa shape index (κ2) is 5.03. The fourth-order valence-corrected chi connectivity index (χ4v) is 4.53. The van der Waals surface area contributed by atoms with E-state index in [1.54, 1.807) is 14.2 Å². The summed E-state index contributed by atoms with van der Waals surface area (Å²) in [7, 11) is 3.38. The lowest BCUT2D eigenvalue weighted by molar-refractivity contribution is 0.352. The van der Waals surface area contributed by atoms with Gasteiger partial charge >= 0.3 is 0 Å². The van der Waals surface area contributed by atoms with E-state index < -0.39 is 0 Å². The summed E-state index contributed by atoms with van der Waals surface area (Å²) in [6.45, 7) is 0. The third-order valence-electron chi connectivity index (χ3n) is 2.31. The van der Waals surface area contributed by atoms with Gasteiger partial charge in [0.05, 0.1) is 18.8 Å². The molecule has 1 saturated heterocycles. The Morgan fingerprint density at radius 2 is 1.87 bits per heavy atom. The van der Waals surface area contributed by atoms with Crippen LogP contribution < -0.4 is 9.47 Å². The standard InChI is InChI=1S/C11H14O2S2/c1-12-9-5-3-4-8(10(9)13-2)11-14-6-7-15-11/h3-5,11H,6-7H2,1-2H3. The van der Waals surface area contributed by atoms with E-state index in [0.717, 1.165) is 11.5 Å². The molecular formula is C11H14O2S2. The highest BCUT2D eigenvalue weighted by molar-refractivity contribution is 8.19. The first-order valence-electron chi connectivity index (χ1n) is 4.81. The molecule has 15 heavy (non-hydrogen) atoms. The SMILES string of the molecule is COc1cccc(C2SCCS2)c1OC. The highest BCUT2D eigenvalue weighted by Gasteiger charge is 2.23. The highest BCUT2D eigenvalue weighted by Crippen LogP contribution is 2.50. The Hall–Kier alpha value is -0.480. The van der Waals surface area contributed by atoms with Crippen molar-refractivity contribution in [3.8, 4) is 11.5 Å². The van der Waals surface area contributed by atoms with Crippen molar-refractivity contribution in [3.63, 3.8) is 0 Å². The largest absolute Gasteiger partial charge is 0.493 e. The van der Waals surface area contributed by atoms with Crippen molar-refractivity contribution >= 4 is 23.5 Å². The minimum Gasteiger partial charge on any atom is -0.493 e. The highest BCUT2D eigenvalue weighted by atomic mass is 32.2. The van der Waals surface area contributed by atoms with E-state index in [2.05, 4.69) is 6.07 Å². The van der Waals surface area contributed by atoms with E-state index >= 15 is 0 Å². The number of para-hydroxylation sites is 1. The first-order valence-corrected chi connectivity index (χ1v) is 6.90. The number of thioether (sulfide) groups is 2. The molecule has 82 valence electrons. The van der Waals surface area contributed by atoms with Crippen molar-refractivity contribution in [3.05, 3.63) is 23.8 Å². The van der Waals surface area contributed by atoms with E-state index in [1.807, 2.05) is 35.7 Å².